The average molecular weight is 180 g/mol. The predicted octanol–water partition coefficient (Wildman–Crippen LogP) is 1.48. The van der Waals surface area contributed by atoms with E-state index in [-0.39, 0.29) is 6.04 Å². The molecule has 13 heavy (non-hydrogen) atoms. The van der Waals surface area contributed by atoms with Crippen LogP contribution in [0.25, 0.3) is 0 Å². The molecule has 0 aromatic heterocycles. The van der Waals surface area contributed by atoms with Crippen LogP contribution in [0.5, 0.6) is 5.75 Å². The molecule has 0 spiro atoms. The highest BCUT2D eigenvalue weighted by Gasteiger charge is 2.08. The molecule has 72 valence electrons. The molecule has 3 heteroatoms. The van der Waals surface area contributed by atoms with E-state index in [0.29, 0.717) is 5.75 Å². The quantitative estimate of drug-likeness (QED) is 0.488. The standard InChI is InChI=1S/C10H16N2O/c1-3-8-4-5-9(7(2)12-11)10(13)6-8/h4-7,12-13H,3,11H2,1-2H3. The summed E-state index contributed by atoms with van der Waals surface area (Å²) >= 11 is 0. The van der Waals surface area contributed by atoms with Crippen molar-refractivity contribution in [2.75, 3.05) is 0 Å². The summed E-state index contributed by atoms with van der Waals surface area (Å²) in [6.07, 6.45) is 0.929. The van der Waals surface area contributed by atoms with Gasteiger partial charge in [-0.25, -0.2) is 0 Å². The van der Waals surface area contributed by atoms with Gasteiger partial charge in [-0.3, -0.25) is 11.3 Å². The number of aryl methyl sites for hydroxylation is 1. The molecule has 0 saturated carbocycles. The first-order valence-electron chi connectivity index (χ1n) is 4.47. The normalized spacial score (nSPS) is 12.8. The highest BCUT2D eigenvalue weighted by molar-refractivity contribution is 5.38. The monoisotopic (exact) mass is 180 g/mol. The van der Waals surface area contributed by atoms with Gasteiger partial charge in [0, 0.05) is 11.6 Å². The molecular formula is C10H16N2O. The van der Waals surface area contributed by atoms with E-state index in [4.69, 9.17) is 5.84 Å². The van der Waals surface area contributed by atoms with Crippen molar-refractivity contribution < 1.29 is 5.11 Å². The van der Waals surface area contributed by atoms with Gasteiger partial charge in [0.1, 0.15) is 5.75 Å². The van der Waals surface area contributed by atoms with Crippen LogP contribution in [0, 0.1) is 0 Å². The lowest BCUT2D eigenvalue weighted by Gasteiger charge is -2.12. The van der Waals surface area contributed by atoms with Crippen LogP contribution in [0.15, 0.2) is 18.2 Å². The van der Waals surface area contributed by atoms with Crippen LogP contribution in [0.2, 0.25) is 0 Å². The number of rotatable bonds is 3. The Morgan fingerprint density at radius 1 is 1.54 bits per heavy atom. The van der Waals surface area contributed by atoms with Crippen molar-refractivity contribution in [3.8, 4) is 5.75 Å². The van der Waals surface area contributed by atoms with Gasteiger partial charge in [0.05, 0.1) is 0 Å². The Labute approximate surface area is 78.5 Å². The summed E-state index contributed by atoms with van der Waals surface area (Å²) in [6.45, 7) is 3.96. The molecular weight excluding hydrogens is 164 g/mol. The van der Waals surface area contributed by atoms with E-state index in [1.807, 2.05) is 19.1 Å². The zero-order valence-electron chi connectivity index (χ0n) is 8.04. The molecule has 1 atom stereocenters. The lowest BCUT2D eigenvalue weighted by molar-refractivity contribution is 0.454. The summed E-state index contributed by atoms with van der Waals surface area (Å²) in [5, 5.41) is 9.63. The van der Waals surface area contributed by atoms with Gasteiger partial charge < -0.3 is 5.11 Å². The molecule has 0 aliphatic rings. The number of hydrazine groups is 1. The van der Waals surface area contributed by atoms with Crippen molar-refractivity contribution in [3.63, 3.8) is 0 Å². The van der Waals surface area contributed by atoms with Crippen molar-refractivity contribution in [3.05, 3.63) is 29.3 Å². The van der Waals surface area contributed by atoms with Gasteiger partial charge in [-0.2, -0.15) is 0 Å². The van der Waals surface area contributed by atoms with Crippen LogP contribution in [-0.4, -0.2) is 5.11 Å². The molecule has 0 aliphatic carbocycles. The summed E-state index contributed by atoms with van der Waals surface area (Å²) in [5.74, 6) is 5.59. The number of nitrogens with two attached hydrogens (primary N) is 1. The van der Waals surface area contributed by atoms with E-state index in [0.717, 1.165) is 17.5 Å². The second-order valence-corrected chi connectivity index (χ2v) is 3.14. The van der Waals surface area contributed by atoms with Crippen LogP contribution >= 0.6 is 0 Å². The minimum absolute atomic E-state index is 0.0223. The van der Waals surface area contributed by atoms with Crippen molar-refractivity contribution in [1.82, 2.24) is 5.43 Å². The van der Waals surface area contributed by atoms with E-state index >= 15 is 0 Å². The number of hydrogen-bond donors (Lipinski definition) is 3. The maximum Gasteiger partial charge on any atom is 0.120 e. The minimum atomic E-state index is -0.0223. The third-order valence-electron chi connectivity index (χ3n) is 2.22. The first-order valence-corrected chi connectivity index (χ1v) is 4.47. The SMILES string of the molecule is CCc1ccc(C(C)NN)c(O)c1. The Hall–Kier alpha value is -1.06. The van der Waals surface area contributed by atoms with Gasteiger partial charge in [0.15, 0.2) is 0 Å². The predicted molar refractivity (Wildman–Crippen MR) is 53.2 cm³/mol. The molecule has 3 nitrogen and oxygen atoms in total. The topological polar surface area (TPSA) is 58.3 Å². The van der Waals surface area contributed by atoms with Crippen LogP contribution in [0.4, 0.5) is 0 Å². The Morgan fingerprint density at radius 2 is 2.23 bits per heavy atom. The summed E-state index contributed by atoms with van der Waals surface area (Å²) in [5.41, 5.74) is 4.56. The number of nitrogens with one attached hydrogen (secondary N) is 1. The fourth-order valence-electron chi connectivity index (χ4n) is 1.27. The van der Waals surface area contributed by atoms with Gasteiger partial charge in [-0.05, 0) is 25.0 Å². The molecule has 0 amide bonds. The summed E-state index contributed by atoms with van der Waals surface area (Å²) < 4.78 is 0. The summed E-state index contributed by atoms with van der Waals surface area (Å²) in [4.78, 5) is 0. The van der Waals surface area contributed by atoms with Gasteiger partial charge in [-0.1, -0.05) is 19.1 Å². The fraction of sp³-hybridized carbons (Fsp3) is 0.400. The second kappa shape index (κ2) is 4.25. The van der Waals surface area contributed by atoms with E-state index < -0.39 is 0 Å². The highest BCUT2D eigenvalue weighted by atomic mass is 16.3. The minimum Gasteiger partial charge on any atom is -0.508 e. The molecule has 1 aromatic carbocycles. The largest absolute Gasteiger partial charge is 0.508 e. The third kappa shape index (κ3) is 2.20. The Bertz CT molecular complexity index is 286. The van der Waals surface area contributed by atoms with Gasteiger partial charge in [0.2, 0.25) is 0 Å². The molecule has 0 heterocycles. The molecule has 0 aliphatic heterocycles. The summed E-state index contributed by atoms with van der Waals surface area (Å²) in [7, 11) is 0. The van der Waals surface area contributed by atoms with Crippen molar-refractivity contribution in [1.29, 1.82) is 0 Å². The molecule has 0 fully saturated rings. The molecule has 0 saturated heterocycles. The number of benzene rings is 1. The fourth-order valence-corrected chi connectivity index (χ4v) is 1.27. The number of phenolic OH excluding ortho intramolecular Hbond substituents is 1. The van der Waals surface area contributed by atoms with Crippen LogP contribution in [0.3, 0.4) is 0 Å². The van der Waals surface area contributed by atoms with Crippen molar-refractivity contribution in [2.24, 2.45) is 5.84 Å². The van der Waals surface area contributed by atoms with Crippen LogP contribution in [-0.2, 0) is 6.42 Å². The number of phenols is 1. The molecule has 0 bridgehead atoms. The van der Waals surface area contributed by atoms with E-state index in [2.05, 4.69) is 12.3 Å². The Balaban J connectivity index is 2.98. The number of aromatic hydroxyl groups is 1. The van der Waals surface area contributed by atoms with Crippen molar-refractivity contribution >= 4 is 0 Å². The van der Waals surface area contributed by atoms with E-state index in [1.165, 1.54) is 0 Å². The average Bonchev–Trinajstić information content (AvgIpc) is 2.16. The maximum absolute atomic E-state index is 9.63. The van der Waals surface area contributed by atoms with Gasteiger partial charge in [0.25, 0.3) is 0 Å². The zero-order valence-corrected chi connectivity index (χ0v) is 8.04. The smallest absolute Gasteiger partial charge is 0.120 e. The van der Waals surface area contributed by atoms with Crippen LogP contribution < -0.4 is 11.3 Å². The van der Waals surface area contributed by atoms with E-state index in [9.17, 15) is 5.11 Å². The molecule has 1 unspecified atom stereocenters. The Morgan fingerprint density at radius 3 is 2.69 bits per heavy atom. The first kappa shape index (κ1) is 10.0. The van der Waals surface area contributed by atoms with E-state index in [1.54, 1.807) is 6.07 Å². The highest BCUT2D eigenvalue weighted by Crippen LogP contribution is 2.24. The second-order valence-electron chi connectivity index (χ2n) is 3.14. The van der Waals surface area contributed by atoms with Gasteiger partial charge >= 0.3 is 0 Å². The van der Waals surface area contributed by atoms with Crippen LogP contribution in [0.1, 0.15) is 31.0 Å². The summed E-state index contributed by atoms with van der Waals surface area (Å²) in [6, 6.07) is 5.66. The zero-order chi connectivity index (χ0) is 9.84. The molecule has 4 N–H and O–H groups in total. The lowest BCUT2D eigenvalue weighted by Crippen LogP contribution is -2.25. The third-order valence-corrected chi connectivity index (χ3v) is 2.22. The maximum atomic E-state index is 9.63. The van der Waals surface area contributed by atoms with Gasteiger partial charge in [-0.15, -0.1) is 0 Å². The molecule has 0 radical (unpaired) electrons. The first-order chi connectivity index (χ1) is 6.19. The molecule has 1 rings (SSSR count). The van der Waals surface area contributed by atoms with Crippen molar-refractivity contribution in [2.45, 2.75) is 26.3 Å². The molecule has 1 aromatic rings. The number of hydrogen-bond acceptors (Lipinski definition) is 3. The lowest BCUT2D eigenvalue weighted by atomic mass is 10.0. The Kier molecular flexibility index (Phi) is 3.28.